The minimum atomic E-state index is -1.51. The Kier molecular flexibility index (Phi) is 12.8. The maximum absolute atomic E-state index is 6.27. The van der Waals surface area contributed by atoms with Crippen LogP contribution in [0, 0.1) is 0 Å². The summed E-state index contributed by atoms with van der Waals surface area (Å²) in [5, 5.41) is 0. The molecule has 0 amide bonds. The first-order valence-corrected chi connectivity index (χ1v) is 22.7. The van der Waals surface area contributed by atoms with Crippen LogP contribution in [0.1, 0.15) is 24.0 Å². The number of rotatable bonds is 15. The van der Waals surface area contributed by atoms with Gasteiger partial charge in [-0.1, -0.05) is 115 Å². The van der Waals surface area contributed by atoms with E-state index in [9.17, 15) is 0 Å². The number of hydrogen-bond donors (Lipinski definition) is 0. The zero-order valence-corrected chi connectivity index (χ0v) is 32.1. The number of para-hydroxylation sites is 2. The highest BCUT2D eigenvalue weighted by atomic mass is 36.0. The summed E-state index contributed by atoms with van der Waals surface area (Å²) in [5.74, 6) is 1.86. The van der Waals surface area contributed by atoms with E-state index in [-0.39, 0.29) is 0 Å². The molecule has 7 heteroatoms. The molecule has 6 aromatic carbocycles. The molecule has 0 radical (unpaired) electrons. The first-order valence-electron chi connectivity index (χ1n) is 16.9. The second-order valence-electron chi connectivity index (χ2n) is 12.4. The maximum atomic E-state index is 6.27. The van der Waals surface area contributed by atoms with Gasteiger partial charge in [0.25, 0.3) is 0 Å². The van der Waals surface area contributed by atoms with Crippen molar-refractivity contribution in [1.29, 1.82) is 0 Å². The summed E-state index contributed by atoms with van der Waals surface area (Å²) >= 11 is 0. The Balaban J connectivity index is 1.22. The molecule has 0 spiro atoms. The van der Waals surface area contributed by atoms with E-state index in [4.69, 9.17) is 32.0 Å². The van der Waals surface area contributed by atoms with Gasteiger partial charge in [0.2, 0.25) is 0 Å². The number of anilines is 6. The van der Waals surface area contributed by atoms with E-state index in [0.29, 0.717) is 0 Å². The van der Waals surface area contributed by atoms with E-state index in [2.05, 4.69) is 168 Å². The molecule has 0 fully saturated rings. The second-order valence-corrected chi connectivity index (χ2v) is 20.5. The molecule has 0 saturated carbocycles. The van der Waals surface area contributed by atoms with Gasteiger partial charge in [-0.15, -0.1) is 0 Å². The van der Waals surface area contributed by atoms with Crippen LogP contribution in [0.25, 0.3) is 11.1 Å². The normalized spacial score (nSPS) is 11.7. The van der Waals surface area contributed by atoms with E-state index in [1.807, 2.05) is 6.26 Å². The number of hydrogen-bond acceptors (Lipinski definition) is 2. The molecule has 0 N–H and O–H groups in total. The van der Waals surface area contributed by atoms with Crippen LogP contribution in [-0.4, -0.2) is 17.8 Å². The maximum Gasteiger partial charge on any atom is 0.173 e. The molecule has 6 rings (SSSR count). The number of aryl methyl sites for hydroxylation is 2. The number of halogens is 3. The lowest BCUT2D eigenvalue weighted by Gasteiger charge is -2.26. The highest BCUT2D eigenvalue weighted by Gasteiger charge is 2.15. The largest absolute Gasteiger partial charge is 0.311 e. The topological polar surface area (TPSA) is 6.48 Å². The van der Waals surface area contributed by atoms with E-state index in [0.717, 1.165) is 82.3 Å². The fourth-order valence-corrected chi connectivity index (χ4v) is 8.09. The smallest absolute Gasteiger partial charge is 0.173 e. The molecule has 0 aliphatic rings. The van der Waals surface area contributed by atoms with Crippen molar-refractivity contribution in [1.82, 2.24) is 0 Å². The van der Waals surface area contributed by atoms with Gasteiger partial charge in [-0.05, 0) is 127 Å². The van der Waals surface area contributed by atoms with Crippen LogP contribution in [0.2, 0.25) is 0 Å². The molecule has 0 unspecified atom stereocenters. The SMILES string of the molecule is CS(Cl)(Cl)CCCc1ccc(N(c2ccccc2)c2ccc(-c3ccc(N(c4ccccc4)c4ccc(CCC[SH+]Cl)cc4)cc3)cc2)cc1. The highest BCUT2D eigenvalue weighted by molar-refractivity contribution is 8.65. The number of nitrogens with zero attached hydrogens (tertiary/aromatic N) is 2. The summed E-state index contributed by atoms with van der Waals surface area (Å²) in [4.78, 5) is 4.61. The third-order valence-corrected chi connectivity index (χ3v) is 11.6. The molecule has 0 aromatic heterocycles. The predicted molar refractivity (Wildman–Crippen MR) is 227 cm³/mol. The van der Waals surface area contributed by atoms with Crippen molar-refractivity contribution in [3.63, 3.8) is 0 Å². The van der Waals surface area contributed by atoms with Gasteiger partial charge < -0.3 is 9.80 Å². The van der Waals surface area contributed by atoms with Crippen LogP contribution in [0.3, 0.4) is 0 Å². The monoisotopic (exact) mass is 755 g/mol. The lowest BCUT2D eigenvalue weighted by molar-refractivity contribution is 0.932. The summed E-state index contributed by atoms with van der Waals surface area (Å²) in [6.07, 6.45) is 6.02. The van der Waals surface area contributed by atoms with Crippen molar-refractivity contribution in [2.45, 2.75) is 25.7 Å². The molecule has 0 aliphatic heterocycles. The van der Waals surface area contributed by atoms with E-state index >= 15 is 0 Å². The van der Waals surface area contributed by atoms with Gasteiger partial charge in [0, 0.05) is 39.9 Å². The quantitative estimate of drug-likeness (QED) is 0.0585. The highest BCUT2D eigenvalue weighted by Crippen LogP contribution is 2.55. The summed E-state index contributed by atoms with van der Waals surface area (Å²) < 4.78 is 0. The Morgan fingerprint density at radius 2 is 0.800 bits per heavy atom. The molecule has 0 heterocycles. The molecular weight excluding hydrogens is 715 g/mol. The van der Waals surface area contributed by atoms with Crippen molar-refractivity contribution in [3.05, 3.63) is 169 Å². The summed E-state index contributed by atoms with van der Waals surface area (Å²) in [7, 11) is 17.8. The first-order chi connectivity index (χ1) is 24.4. The first kappa shape index (κ1) is 36.3. The molecule has 6 aromatic rings. The van der Waals surface area contributed by atoms with Crippen LogP contribution in [0.5, 0.6) is 0 Å². The van der Waals surface area contributed by atoms with E-state index in [1.54, 1.807) is 0 Å². The Bertz CT molecular complexity index is 1900. The van der Waals surface area contributed by atoms with Crippen molar-refractivity contribution >= 4 is 85.6 Å². The zero-order chi connectivity index (χ0) is 34.8. The summed E-state index contributed by atoms with van der Waals surface area (Å²) in [6.45, 7) is 0. The third-order valence-electron chi connectivity index (χ3n) is 8.68. The summed E-state index contributed by atoms with van der Waals surface area (Å²) in [6, 6.07) is 56.5. The van der Waals surface area contributed by atoms with E-state index in [1.165, 1.54) is 22.3 Å². The minimum Gasteiger partial charge on any atom is -0.311 e. The number of benzene rings is 6. The predicted octanol–water partition coefficient (Wildman–Crippen LogP) is 13.9. The molecule has 0 aliphatic carbocycles. The van der Waals surface area contributed by atoms with Gasteiger partial charge in [-0.3, -0.25) is 0 Å². The Morgan fingerprint density at radius 1 is 0.460 bits per heavy atom. The molecule has 2 nitrogen and oxygen atoms in total. The summed E-state index contributed by atoms with van der Waals surface area (Å²) in [5.41, 5.74) is 11.7. The van der Waals surface area contributed by atoms with Gasteiger partial charge in [-0.25, -0.2) is 0 Å². The van der Waals surface area contributed by atoms with Crippen LogP contribution in [-0.2, 0) is 23.8 Å². The van der Waals surface area contributed by atoms with Gasteiger partial charge in [0.1, 0.15) is 5.75 Å². The fraction of sp³-hybridized carbons (Fsp3) is 0.163. The van der Waals surface area contributed by atoms with Gasteiger partial charge in [-0.2, -0.15) is 0 Å². The van der Waals surface area contributed by atoms with Gasteiger partial charge >= 0.3 is 0 Å². The zero-order valence-electron chi connectivity index (χ0n) is 28.1. The van der Waals surface area contributed by atoms with Crippen molar-refractivity contribution in [3.8, 4) is 11.1 Å². The fourth-order valence-electron chi connectivity index (χ4n) is 6.15. The lowest BCUT2D eigenvalue weighted by Crippen LogP contribution is -2.10. The average molecular weight is 757 g/mol. The van der Waals surface area contributed by atoms with Crippen molar-refractivity contribution in [2.24, 2.45) is 0 Å². The van der Waals surface area contributed by atoms with Gasteiger partial charge in [0.05, 0.1) is 11.0 Å². The second kappa shape index (κ2) is 17.6. The minimum absolute atomic E-state index is 0.845. The van der Waals surface area contributed by atoms with Crippen LogP contribution in [0.4, 0.5) is 34.1 Å². The molecule has 0 bridgehead atoms. The van der Waals surface area contributed by atoms with Gasteiger partial charge in [0.15, 0.2) is 10.7 Å². The van der Waals surface area contributed by atoms with E-state index < -0.39 is 8.46 Å². The Morgan fingerprint density at radius 3 is 1.16 bits per heavy atom. The van der Waals surface area contributed by atoms with Crippen molar-refractivity contribution < 1.29 is 0 Å². The Labute approximate surface area is 316 Å². The Hall–Kier alpha value is -3.51. The van der Waals surface area contributed by atoms with Crippen molar-refractivity contribution in [2.75, 3.05) is 27.6 Å². The van der Waals surface area contributed by atoms with Crippen LogP contribution >= 0.6 is 40.5 Å². The molecule has 0 saturated heterocycles. The number of thiol groups is 1. The van der Waals surface area contributed by atoms with Crippen LogP contribution in [0.15, 0.2) is 158 Å². The molecule has 0 atom stereocenters. The standard InChI is InChI=1S/C43H41Cl3N2S2/c1-50(45,46)33-9-11-35-18-26-41(27-19-35)48(39-14-6-3-7-15-39)43-30-22-37(23-31-43)36-20-28-42(29-21-36)47(38-12-4-2-5-13-38)40-24-16-34(17-25-40)10-8-32-49-44/h2-7,12-31H,8-11,32-33H2,1H3/p+1. The lowest BCUT2D eigenvalue weighted by atomic mass is 10.0. The molecule has 50 heavy (non-hydrogen) atoms. The molecular formula is C43H42Cl3N2S2+. The van der Waals surface area contributed by atoms with Crippen LogP contribution < -0.4 is 9.80 Å². The average Bonchev–Trinajstić information content (AvgIpc) is 3.14. The third kappa shape index (κ3) is 9.84. The molecule has 256 valence electrons.